The lowest BCUT2D eigenvalue weighted by Crippen LogP contribution is -2.48. The van der Waals surface area contributed by atoms with E-state index in [-0.39, 0.29) is 5.82 Å². The van der Waals surface area contributed by atoms with Crippen LogP contribution in [0.2, 0.25) is 0 Å². The number of alkyl halides is 1. The molecule has 1 aromatic heterocycles. The highest BCUT2D eigenvalue weighted by molar-refractivity contribution is 5.23. The number of anilines is 1. The summed E-state index contributed by atoms with van der Waals surface area (Å²) >= 11 is 0. The summed E-state index contributed by atoms with van der Waals surface area (Å²) in [5, 5.41) is 28.0. The van der Waals surface area contributed by atoms with Crippen LogP contribution in [0.15, 0.2) is 17.1 Å². The van der Waals surface area contributed by atoms with Crippen LogP contribution in [0, 0.1) is 0 Å². The third-order valence-electron chi connectivity index (χ3n) is 3.13. The predicted molar refractivity (Wildman–Crippen MR) is 60.8 cm³/mol. The van der Waals surface area contributed by atoms with Crippen molar-refractivity contribution in [3.63, 3.8) is 0 Å². The van der Waals surface area contributed by atoms with Crippen molar-refractivity contribution in [3.05, 3.63) is 22.7 Å². The van der Waals surface area contributed by atoms with Crippen molar-refractivity contribution >= 4 is 5.82 Å². The van der Waals surface area contributed by atoms with Gasteiger partial charge in [0.25, 0.3) is 0 Å². The van der Waals surface area contributed by atoms with Crippen molar-refractivity contribution in [1.82, 2.24) is 9.55 Å². The number of nitrogens with two attached hydrogens (primary N) is 1. The Bertz CT molecular complexity index is 518. The lowest BCUT2D eigenvalue weighted by atomic mass is 9.98. The summed E-state index contributed by atoms with van der Waals surface area (Å²) in [5.74, 6) is -0.0363. The maximum Gasteiger partial charge on any atom is 0.351 e. The first-order valence-electron chi connectivity index (χ1n) is 5.51. The topological polar surface area (TPSA) is 131 Å². The zero-order chi connectivity index (χ0) is 14.2. The second kappa shape index (κ2) is 4.85. The number of hydrogen-bond donors (Lipinski definition) is 4. The van der Waals surface area contributed by atoms with E-state index in [0.717, 1.165) is 4.57 Å². The van der Waals surface area contributed by atoms with E-state index in [4.69, 9.17) is 20.7 Å². The van der Waals surface area contributed by atoms with Crippen molar-refractivity contribution in [2.45, 2.75) is 24.1 Å². The number of aromatic nitrogens is 2. The molecule has 1 saturated heterocycles. The molecule has 0 saturated carbocycles. The Labute approximate surface area is 106 Å². The Hall–Kier alpha value is -1.55. The normalized spacial score (nSPS) is 29.6. The van der Waals surface area contributed by atoms with Crippen LogP contribution in [0.4, 0.5) is 10.2 Å². The standard InChI is InChI=1S/C10H14FN3O5/c11-6-7(17)10(3-15,4-16)19-8(6)14-2-1-5(12)13-9(14)18/h1-2,6-8,15-17H,3-4H2,(H2,12,13,18). The third-order valence-corrected chi connectivity index (χ3v) is 3.13. The predicted octanol–water partition coefficient (Wildman–Crippen LogP) is -2.22. The van der Waals surface area contributed by atoms with Gasteiger partial charge in [0.05, 0.1) is 13.2 Å². The Morgan fingerprint density at radius 3 is 2.63 bits per heavy atom. The largest absolute Gasteiger partial charge is 0.393 e. The van der Waals surface area contributed by atoms with Crippen LogP contribution in [0.3, 0.4) is 0 Å². The molecule has 8 nitrogen and oxygen atoms in total. The van der Waals surface area contributed by atoms with Gasteiger partial charge in [0.2, 0.25) is 0 Å². The van der Waals surface area contributed by atoms with Crippen LogP contribution in [0.1, 0.15) is 6.23 Å². The number of ether oxygens (including phenoxy) is 1. The maximum atomic E-state index is 14.0. The average Bonchev–Trinajstić information content (AvgIpc) is 2.64. The smallest absolute Gasteiger partial charge is 0.351 e. The molecule has 3 unspecified atom stereocenters. The molecule has 9 heteroatoms. The van der Waals surface area contributed by atoms with Gasteiger partial charge in [0.15, 0.2) is 12.4 Å². The Kier molecular flexibility index (Phi) is 3.54. The molecule has 2 heterocycles. The highest BCUT2D eigenvalue weighted by Gasteiger charge is 2.55. The minimum atomic E-state index is -2.00. The molecule has 3 atom stereocenters. The lowest BCUT2D eigenvalue weighted by Gasteiger charge is -2.27. The summed E-state index contributed by atoms with van der Waals surface area (Å²) in [7, 11) is 0. The number of nitrogen functional groups attached to an aromatic ring is 1. The van der Waals surface area contributed by atoms with Crippen molar-refractivity contribution in [2.75, 3.05) is 18.9 Å². The van der Waals surface area contributed by atoms with Crippen LogP contribution >= 0.6 is 0 Å². The van der Waals surface area contributed by atoms with Gasteiger partial charge in [-0.1, -0.05) is 0 Å². The summed E-state index contributed by atoms with van der Waals surface area (Å²) in [4.78, 5) is 15.0. The number of hydrogen-bond acceptors (Lipinski definition) is 7. The van der Waals surface area contributed by atoms with Gasteiger partial charge < -0.3 is 25.8 Å². The van der Waals surface area contributed by atoms with E-state index < -0.39 is 43.0 Å². The van der Waals surface area contributed by atoms with Crippen LogP contribution in [-0.4, -0.2) is 56.0 Å². The van der Waals surface area contributed by atoms with Crippen molar-refractivity contribution < 1.29 is 24.4 Å². The summed E-state index contributed by atoms with van der Waals surface area (Å²) in [6, 6.07) is 1.27. The molecule has 0 spiro atoms. The summed E-state index contributed by atoms with van der Waals surface area (Å²) in [6.07, 6.45) is -4.09. The fourth-order valence-electron chi connectivity index (χ4n) is 1.96. The second-order valence-corrected chi connectivity index (χ2v) is 4.32. The number of halogens is 1. The highest BCUT2D eigenvalue weighted by Crippen LogP contribution is 2.38. The van der Waals surface area contributed by atoms with E-state index >= 15 is 0 Å². The number of aliphatic hydroxyl groups excluding tert-OH is 3. The summed E-state index contributed by atoms with van der Waals surface area (Å²) in [6.45, 7) is -1.59. The minimum absolute atomic E-state index is 0.0363. The Morgan fingerprint density at radius 1 is 1.53 bits per heavy atom. The zero-order valence-corrected chi connectivity index (χ0v) is 9.81. The maximum absolute atomic E-state index is 14.0. The van der Waals surface area contributed by atoms with Crippen LogP contribution < -0.4 is 11.4 Å². The van der Waals surface area contributed by atoms with Gasteiger partial charge >= 0.3 is 5.69 Å². The van der Waals surface area contributed by atoms with Gasteiger partial charge in [-0.15, -0.1) is 0 Å². The first kappa shape index (κ1) is 13.9. The third kappa shape index (κ3) is 2.10. The number of aliphatic hydroxyl groups is 3. The highest BCUT2D eigenvalue weighted by atomic mass is 19.1. The van der Waals surface area contributed by atoms with E-state index in [1.54, 1.807) is 0 Å². The van der Waals surface area contributed by atoms with Crippen LogP contribution in [0.5, 0.6) is 0 Å². The summed E-state index contributed by atoms with van der Waals surface area (Å²) < 4.78 is 19.9. The Morgan fingerprint density at radius 2 is 2.16 bits per heavy atom. The molecule has 0 aromatic carbocycles. The summed E-state index contributed by atoms with van der Waals surface area (Å²) in [5.41, 5.74) is 2.59. The minimum Gasteiger partial charge on any atom is -0.393 e. The molecular formula is C10H14FN3O5. The van der Waals surface area contributed by atoms with Gasteiger partial charge in [0.1, 0.15) is 17.5 Å². The first-order chi connectivity index (χ1) is 8.95. The van der Waals surface area contributed by atoms with E-state index in [9.17, 15) is 14.3 Å². The molecule has 1 aliphatic rings. The lowest BCUT2D eigenvalue weighted by molar-refractivity contribution is -0.150. The van der Waals surface area contributed by atoms with Crippen molar-refractivity contribution in [3.8, 4) is 0 Å². The van der Waals surface area contributed by atoms with Crippen LogP contribution in [0.25, 0.3) is 0 Å². The van der Waals surface area contributed by atoms with E-state index in [1.807, 2.05) is 0 Å². The van der Waals surface area contributed by atoms with E-state index in [2.05, 4.69) is 4.98 Å². The second-order valence-electron chi connectivity index (χ2n) is 4.32. The number of rotatable bonds is 3. The van der Waals surface area contributed by atoms with Gasteiger partial charge in [0, 0.05) is 6.20 Å². The van der Waals surface area contributed by atoms with Crippen molar-refractivity contribution in [2.24, 2.45) is 0 Å². The molecule has 0 amide bonds. The SMILES string of the molecule is Nc1ccn(C2OC(CO)(CO)C(O)C2F)c(=O)n1. The first-order valence-corrected chi connectivity index (χ1v) is 5.51. The monoisotopic (exact) mass is 275 g/mol. The molecule has 1 aromatic rings. The molecule has 19 heavy (non-hydrogen) atoms. The molecule has 0 radical (unpaired) electrons. The molecule has 0 bridgehead atoms. The van der Waals surface area contributed by atoms with Crippen molar-refractivity contribution in [1.29, 1.82) is 0 Å². The van der Waals surface area contributed by atoms with E-state index in [1.165, 1.54) is 12.3 Å². The molecular weight excluding hydrogens is 261 g/mol. The van der Waals surface area contributed by atoms with E-state index in [0.29, 0.717) is 0 Å². The molecule has 2 rings (SSSR count). The zero-order valence-electron chi connectivity index (χ0n) is 9.81. The molecule has 1 aliphatic heterocycles. The van der Waals surface area contributed by atoms with Gasteiger partial charge in [-0.05, 0) is 6.07 Å². The fourth-order valence-corrected chi connectivity index (χ4v) is 1.96. The Balaban J connectivity index is 2.39. The molecule has 106 valence electrons. The van der Waals surface area contributed by atoms with Gasteiger partial charge in [-0.2, -0.15) is 4.98 Å². The molecule has 5 N–H and O–H groups in total. The van der Waals surface area contributed by atoms with Gasteiger partial charge in [-0.25, -0.2) is 9.18 Å². The average molecular weight is 275 g/mol. The molecule has 0 aliphatic carbocycles. The van der Waals surface area contributed by atoms with Gasteiger partial charge in [-0.3, -0.25) is 4.57 Å². The van der Waals surface area contributed by atoms with Crippen LogP contribution in [-0.2, 0) is 4.74 Å². The quantitative estimate of drug-likeness (QED) is 0.491. The molecule has 1 fully saturated rings. The fraction of sp³-hybridized carbons (Fsp3) is 0.600. The number of nitrogens with zero attached hydrogens (tertiary/aromatic N) is 2.